The van der Waals surface area contributed by atoms with Crippen LogP contribution in [0.4, 0.5) is 0 Å². The van der Waals surface area contributed by atoms with Crippen LogP contribution in [0.25, 0.3) is 11.0 Å². The average molecular weight is 301 g/mol. The van der Waals surface area contributed by atoms with E-state index < -0.39 is 0 Å². The van der Waals surface area contributed by atoms with Gasteiger partial charge in [0.1, 0.15) is 11.3 Å². The lowest BCUT2D eigenvalue weighted by Crippen LogP contribution is -2.01. The molecule has 3 nitrogen and oxygen atoms in total. The van der Waals surface area contributed by atoms with E-state index in [1.54, 1.807) is 37.4 Å². The summed E-state index contributed by atoms with van der Waals surface area (Å²) in [5, 5.41) is 1.43. The molecule has 21 heavy (non-hydrogen) atoms. The summed E-state index contributed by atoms with van der Waals surface area (Å²) in [6.07, 6.45) is 0. The summed E-state index contributed by atoms with van der Waals surface area (Å²) in [6.45, 7) is 1.87. The van der Waals surface area contributed by atoms with Crippen LogP contribution in [0.1, 0.15) is 21.7 Å². The summed E-state index contributed by atoms with van der Waals surface area (Å²) in [7, 11) is 1.59. The molecule has 0 fully saturated rings. The number of benzene rings is 2. The van der Waals surface area contributed by atoms with Gasteiger partial charge in [-0.1, -0.05) is 23.7 Å². The van der Waals surface area contributed by atoms with E-state index in [4.69, 9.17) is 20.8 Å². The van der Waals surface area contributed by atoms with Crippen LogP contribution in [0.15, 0.2) is 46.9 Å². The van der Waals surface area contributed by atoms with Gasteiger partial charge in [-0.3, -0.25) is 4.79 Å². The Morgan fingerprint density at radius 2 is 2.00 bits per heavy atom. The maximum absolute atomic E-state index is 12.6. The van der Waals surface area contributed by atoms with Gasteiger partial charge in [0, 0.05) is 27.6 Å². The van der Waals surface area contributed by atoms with Gasteiger partial charge in [-0.05, 0) is 31.2 Å². The Balaban J connectivity index is 2.12. The minimum Gasteiger partial charge on any atom is -0.497 e. The highest BCUT2D eigenvalue weighted by atomic mass is 35.5. The molecule has 0 atom stereocenters. The highest BCUT2D eigenvalue weighted by Gasteiger charge is 2.19. The number of hydrogen-bond acceptors (Lipinski definition) is 3. The van der Waals surface area contributed by atoms with E-state index in [1.165, 1.54) is 0 Å². The molecule has 2 aromatic carbocycles. The quantitative estimate of drug-likeness (QED) is 0.662. The summed E-state index contributed by atoms with van der Waals surface area (Å²) >= 11 is 5.94. The molecule has 3 aromatic rings. The summed E-state index contributed by atoms with van der Waals surface area (Å²) in [5.74, 6) is 0.851. The van der Waals surface area contributed by atoms with E-state index in [2.05, 4.69) is 0 Å². The van der Waals surface area contributed by atoms with Crippen molar-refractivity contribution in [2.24, 2.45) is 0 Å². The van der Waals surface area contributed by atoms with E-state index in [9.17, 15) is 4.79 Å². The normalized spacial score (nSPS) is 10.8. The number of fused-ring (bicyclic) bond motifs is 1. The van der Waals surface area contributed by atoms with Gasteiger partial charge in [-0.25, -0.2) is 0 Å². The Hall–Kier alpha value is -2.26. The van der Waals surface area contributed by atoms with Gasteiger partial charge in [0.15, 0.2) is 5.76 Å². The molecule has 4 heteroatoms. The lowest BCUT2D eigenvalue weighted by Gasteiger charge is -1.99. The number of furan rings is 1. The number of rotatable bonds is 3. The summed E-state index contributed by atoms with van der Waals surface area (Å²) in [6, 6.07) is 12.3. The van der Waals surface area contributed by atoms with E-state index >= 15 is 0 Å². The van der Waals surface area contributed by atoms with Crippen LogP contribution in [0.2, 0.25) is 5.02 Å². The first kappa shape index (κ1) is 13.7. The highest BCUT2D eigenvalue weighted by molar-refractivity contribution is 6.31. The molecular weight excluding hydrogens is 288 g/mol. The molecule has 0 spiro atoms. The lowest BCUT2D eigenvalue weighted by molar-refractivity contribution is 0.101. The third kappa shape index (κ3) is 2.41. The van der Waals surface area contributed by atoms with Crippen LogP contribution >= 0.6 is 11.6 Å². The molecule has 0 radical (unpaired) electrons. The maximum atomic E-state index is 12.6. The highest BCUT2D eigenvalue weighted by Crippen LogP contribution is 2.30. The van der Waals surface area contributed by atoms with Crippen molar-refractivity contribution in [1.82, 2.24) is 0 Å². The van der Waals surface area contributed by atoms with E-state index in [-0.39, 0.29) is 5.78 Å². The molecule has 0 aliphatic heterocycles. The van der Waals surface area contributed by atoms with Gasteiger partial charge in [-0.2, -0.15) is 0 Å². The molecule has 3 rings (SSSR count). The maximum Gasteiger partial charge on any atom is 0.228 e. The monoisotopic (exact) mass is 300 g/mol. The molecule has 0 bridgehead atoms. The van der Waals surface area contributed by atoms with Gasteiger partial charge in [0.25, 0.3) is 0 Å². The topological polar surface area (TPSA) is 39.4 Å². The first-order valence-electron chi connectivity index (χ1n) is 6.47. The Kier molecular flexibility index (Phi) is 3.43. The van der Waals surface area contributed by atoms with Crippen molar-refractivity contribution in [3.63, 3.8) is 0 Å². The smallest absolute Gasteiger partial charge is 0.228 e. The second kappa shape index (κ2) is 5.26. The molecule has 0 N–H and O–H groups in total. The summed E-state index contributed by atoms with van der Waals surface area (Å²) in [5.41, 5.74) is 1.96. The fraction of sp³-hybridized carbons (Fsp3) is 0.118. The van der Waals surface area contributed by atoms with E-state index in [0.29, 0.717) is 27.7 Å². The number of hydrogen-bond donors (Lipinski definition) is 0. The van der Waals surface area contributed by atoms with Crippen molar-refractivity contribution in [3.8, 4) is 5.75 Å². The van der Waals surface area contributed by atoms with Crippen LogP contribution in [0.5, 0.6) is 5.75 Å². The number of carbonyl (C=O) groups excluding carboxylic acids is 1. The van der Waals surface area contributed by atoms with Crippen molar-refractivity contribution in [1.29, 1.82) is 0 Å². The number of ether oxygens (including phenoxy) is 1. The van der Waals surface area contributed by atoms with E-state index in [1.807, 2.05) is 19.1 Å². The van der Waals surface area contributed by atoms with Crippen molar-refractivity contribution in [2.75, 3.05) is 7.11 Å². The Morgan fingerprint density at radius 1 is 1.19 bits per heavy atom. The van der Waals surface area contributed by atoms with Crippen molar-refractivity contribution in [2.45, 2.75) is 6.92 Å². The molecule has 0 unspecified atom stereocenters. The zero-order valence-corrected chi connectivity index (χ0v) is 12.4. The fourth-order valence-corrected chi connectivity index (χ4v) is 2.50. The van der Waals surface area contributed by atoms with Crippen molar-refractivity contribution in [3.05, 3.63) is 64.4 Å². The predicted molar refractivity (Wildman–Crippen MR) is 82.4 cm³/mol. The number of ketones is 1. The second-order valence-electron chi connectivity index (χ2n) is 4.76. The Bertz CT molecular complexity index is 833. The third-order valence-electron chi connectivity index (χ3n) is 3.44. The molecular formula is C17H13ClO3. The van der Waals surface area contributed by atoms with Crippen LogP contribution < -0.4 is 4.74 Å². The molecule has 0 aliphatic rings. The zero-order chi connectivity index (χ0) is 15.0. The molecule has 0 aliphatic carbocycles. The SMILES string of the molecule is COc1ccc2c(C)c(C(=O)c3cccc(Cl)c3)oc2c1. The Morgan fingerprint density at radius 3 is 2.71 bits per heavy atom. The molecule has 1 heterocycles. The van der Waals surface area contributed by atoms with Gasteiger partial charge in [0.2, 0.25) is 5.78 Å². The third-order valence-corrected chi connectivity index (χ3v) is 3.67. The second-order valence-corrected chi connectivity index (χ2v) is 5.19. The van der Waals surface area contributed by atoms with Gasteiger partial charge in [0.05, 0.1) is 7.11 Å². The van der Waals surface area contributed by atoms with Crippen molar-refractivity contribution < 1.29 is 13.9 Å². The summed E-state index contributed by atoms with van der Waals surface area (Å²) < 4.78 is 10.9. The van der Waals surface area contributed by atoms with Gasteiger partial charge >= 0.3 is 0 Å². The molecule has 1 aromatic heterocycles. The zero-order valence-electron chi connectivity index (χ0n) is 11.6. The van der Waals surface area contributed by atoms with Gasteiger partial charge in [-0.15, -0.1) is 0 Å². The average Bonchev–Trinajstić information content (AvgIpc) is 2.83. The number of aryl methyl sites for hydroxylation is 1. The largest absolute Gasteiger partial charge is 0.497 e. The van der Waals surface area contributed by atoms with Crippen LogP contribution in [-0.2, 0) is 0 Å². The Labute approximate surface area is 127 Å². The van der Waals surface area contributed by atoms with Crippen LogP contribution in [-0.4, -0.2) is 12.9 Å². The summed E-state index contributed by atoms with van der Waals surface area (Å²) in [4.78, 5) is 12.6. The standard InChI is InChI=1S/C17H13ClO3/c1-10-14-7-6-13(20-2)9-15(14)21-17(10)16(19)11-4-3-5-12(18)8-11/h3-9H,1-2H3. The lowest BCUT2D eigenvalue weighted by atomic mass is 10.0. The first-order valence-corrected chi connectivity index (χ1v) is 6.85. The molecule has 0 amide bonds. The number of halogens is 1. The minimum absolute atomic E-state index is 0.176. The fourth-order valence-electron chi connectivity index (χ4n) is 2.31. The minimum atomic E-state index is -0.176. The van der Waals surface area contributed by atoms with Crippen LogP contribution in [0, 0.1) is 6.92 Å². The predicted octanol–water partition coefficient (Wildman–Crippen LogP) is 4.63. The molecule has 0 saturated heterocycles. The van der Waals surface area contributed by atoms with Crippen molar-refractivity contribution >= 4 is 28.4 Å². The van der Waals surface area contributed by atoms with Gasteiger partial charge < -0.3 is 9.15 Å². The molecule has 0 saturated carbocycles. The number of methoxy groups -OCH3 is 1. The first-order chi connectivity index (χ1) is 10.1. The van der Waals surface area contributed by atoms with Crippen LogP contribution in [0.3, 0.4) is 0 Å². The van der Waals surface area contributed by atoms with E-state index in [0.717, 1.165) is 10.9 Å². The number of carbonyl (C=O) groups is 1. The molecule has 106 valence electrons.